The molecule has 17 nitrogen and oxygen atoms in total. The van der Waals surface area contributed by atoms with Crippen molar-refractivity contribution in [3.8, 4) is 0 Å². The van der Waals surface area contributed by atoms with Crippen LogP contribution in [0.5, 0.6) is 0 Å². The maximum absolute atomic E-state index is 13.1. The molecule has 0 aliphatic heterocycles. The van der Waals surface area contributed by atoms with E-state index in [1.54, 1.807) is 0 Å². The molecule has 94 heavy (non-hydrogen) atoms. The SMILES string of the molecule is CCCCCCCCCCCCCC(=O)O[C@H](COC(=O)CCCCCCCCCC)COP(=O)(O)OC[C@H](O)COP(=O)(O)OC[C@@H](COC(=O)CCCCCCCCCCCCCCCCC(C)C)OC(=O)CCCCCCCCCCCCCCCCCC(C)C. The molecule has 0 aromatic rings. The molecular formula is C75H146O17P2. The smallest absolute Gasteiger partial charge is 0.462 e. The molecule has 0 saturated heterocycles. The maximum atomic E-state index is 13.1. The molecule has 0 rings (SSSR count). The van der Waals surface area contributed by atoms with E-state index in [1.165, 1.54) is 199 Å². The Morgan fingerprint density at radius 1 is 0.287 bits per heavy atom. The molecule has 0 amide bonds. The summed E-state index contributed by atoms with van der Waals surface area (Å²) in [5.74, 6) is -0.517. The number of hydrogen-bond acceptors (Lipinski definition) is 15. The van der Waals surface area contributed by atoms with E-state index in [1.807, 2.05) is 0 Å². The number of hydrogen-bond donors (Lipinski definition) is 3. The molecule has 0 bridgehead atoms. The molecule has 0 aliphatic carbocycles. The fourth-order valence-corrected chi connectivity index (χ4v) is 13.1. The zero-order valence-corrected chi connectivity index (χ0v) is 63.1. The van der Waals surface area contributed by atoms with Crippen LogP contribution >= 0.6 is 15.6 Å². The molecule has 0 fully saturated rings. The predicted molar refractivity (Wildman–Crippen MR) is 381 cm³/mol. The Kier molecular flexibility index (Phi) is 65.5. The van der Waals surface area contributed by atoms with Gasteiger partial charge in [0.15, 0.2) is 12.2 Å². The number of unbranched alkanes of at least 4 members (excludes halogenated alkanes) is 44. The van der Waals surface area contributed by atoms with Crippen LogP contribution in [0.15, 0.2) is 0 Å². The minimum atomic E-state index is -4.96. The molecule has 0 radical (unpaired) electrons. The van der Waals surface area contributed by atoms with Crippen LogP contribution in [0.2, 0.25) is 0 Å². The number of esters is 4. The van der Waals surface area contributed by atoms with Gasteiger partial charge in [0, 0.05) is 25.7 Å². The number of rotatable bonds is 74. The molecule has 0 aromatic heterocycles. The van der Waals surface area contributed by atoms with Crippen molar-refractivity contribution in [2.24, 2.45) is 11.8 Å². The van der Waals surface area contributed by atoms with Gasteiger partial charge in [0.1, 0.15) is 19.3 Å². The summed E-state index contributed by atoms with van der Waals surface area (Å²) < 4.78 is 68.4. The van der Waals surface area contributed by atoms with Crippen molar-refractivity contribution in [2.45, 2.75) is 407 Å². The zero-order chi connectivity index (χ0) is 69.3. The monoisotopic (exact) mass is 1380 g/mol. The molecule has 0 aliphatic rings. The Morgan fingerprint density at radius 2 is 0.489 bits per heavy atom. The highest BCUT2D eigenvalue weighted by Crippen LogP contribution is 2.45. The highest BCUT2D eigenvalue weighted by Gasteiger charge is 2.30. The third-order valence-corrected chi connectivity index (χ3v) is 19.4. The molecule has 2 unspecified atom stereocenters. The molecule has 0 saturated carbocycles. The molecule has 3 N–H and O–H groups in total. The fraction of sp³-hybridized carbons (Fsp3) is 0.947. The topological polar surface area (TPSA) is 237 Å². The lowest BCUT2D eigenvalue weighted by atomic mass is 10.0. The van der Waals surface area contributed by atoms with Crippen molar-refractivity contribution in [1.29, 1.82) is 0 Å². The van der Waals surface area contributed by atoms with Crippen molar-refractivity contribution in [1.82, 2.24) is 0 Å². The van der Waals surface area contributed by atoms with Gasteiger partial charge in [-0.15, -0.1) is 0 Å². The summed E-state index contributed by atoms with van der Waals surface area (Å²) in [5, 5.41) is 10.6. The number of phosphoric ester groups is 2. The fourth-order valence-electron chi connectivity index (χ4n) is 11.5. The first-order valence-electron chi connectivity index (χ1n) is 39.0. The summed E-state index contributed by atoms with van der Waals surface area (Å²) in [6.07, 6.45) is 54.1. The molecule has 0 spiro atoms. The average molecular weight is 1380 g/mol. The lowest BCUT2D eigenvalue weighted by Gasteiger charge is -2.21. The van der Waals surface area contributed by atoms with Crippen LogP contribution in [-0.2, 0) is 65.4 Å². The summed E-state index contributed by atoms with van der Waals surface area (Å²) in [6, 6.07) is 0. The summed E-state index contributed by atoms with van der Waals surface area (Å²) >= 11 is 0. The molecule has 0 heterocycles. The first-order valence-corrected chi connectivity index (χ1v) is 42.0. The minimum absolute atomic E-state index is 0.107. The summed E-state index contributed by atoms with van der Waals surface area (Å²) in [5.41, 5.74) is 0. The average Bonchev–Trinajstić information content (AvgIpc) is 1.52. The predicted octanol–water partition coefficient (Wildman–Crippen LogP) is 21.9. The Balaban J connectivity index is 5.20. The normalized spacial score (nSPS) is 14.0. The van der Waals surface area contributed by atoms with Gasteiger partial charge in [-0.3, -0.25) is 37.3 Å². The third-order valence-electron chi connectivity index (χ3n) is 17.5. The number of carbonyl (C=O) groups excluding carboxylic acids is 4. The van der Waals surface area contributed by atoms with E-state index >= 15 is 0 Å². The molecule has 558 valence electrons. The van der Waals surface area contributed by atoms with Crippen molar-refractivity contribution in [3.05, 3.63) is 0 Å². The minimum Gasteiger partial charge on any atom is -0.462 e. The second-order valence-corrected chi connectivity index (χ2v) is 30.9. The lowest BCUT2D eigenvalue weighted by molar-refractivity contribution is -0.161. The molecular weight excluding hydrogens is 1230 g/mol. The first-order chi connectivity index (χ1) is 45.4. The number of aliphatic hydroxyl groups is 1. The standard InChI is InChI=1S/C75H146O17P2/c1-7-9-11-13-15-17-27-35-41-47-53-59-74(79)91-70(63-85-72(77)57-51-45-39-16-14-12-10-8-2)65-89-93(81,82)87-61-69(76)62-88-94(83,84)90-66-71(64-86-73(78)58-52-46-40-34-30-25-22-21-24-29-33-38-44-50-56-68(5)6)92-75(80)60-54-48-42-36-31-26-20-18-19-23-28-32-37-43-49-55-67(3)4/h67-71,76H,7-66H2,1-6H3,(H,81,82)(H,83,84)/t69-,70+,71+/m0/s1. The molecule has 19 heteroatoms. The van der Waals surface area contributed by atoms with Gasteiger partial charge in [-0.05, 0) is 37.5 Å². The highest BCUT2D eigenvalue weighted by atomic mass is 31.2. The van der Waals surface area contributed by atoms with E-state index in [-0.39, 0.29) is 25.7 Å². The van der Waals surface area contributed by atoms with Crippen molar-refractivity contribution < 1.29 is 80.2 Å². The lowest BCUT2D eigenvalue weighted by Crippen LogP contribution is -2.30. The van der Waals surface area contributed by atoms with Gasteiger partial charge in [-0.25, -0.2) is 9.13 Å². The van der Waals surface area contributed by atoms with E-state index in [2.05, 4.69) is 41.5 Å². The van der Waals surface area contributed by atoms with Gasteiger partial charge in [0.25, 0.3) is 0 Å². The van der Waals surface area contributed by atoms with Gasteiger partial charge in [0.2, 0.25) is 0 Å². The zero-order valence-electron chi connectivity index (χ0n) is 61.3. The summed E-state index contributed by atoms with van der Waals surface area (Å²) in [4.78, 5) is 72.7. The van der Waals surface area contributed by atoms with Gasteiger partial charge in [-0.1, -0.05) is 337 Å². The van der Waals surface area contributed by atoms with Crippen LogP contribution in [0.1, 0.15) is 388 Å². The van der Waals surface area contributed by atoms with E-state index in [9.17, 15) is 43.2 Å². The summed E-state index contributed by atoms with van der Waals surface area (Å²) in [6.45, 7) is 9.61. The van der Waals surface area contributed by atoms with Crippen LogP contribution in [0.4, 0.5) is 0 Å². The quantitative estimate of drug-likeness (QED) is 0.0222. The van der Waals surface area contributed by atoms with E-state index in [0.717, 1.165) is 108 Å². The maximum Gasteiger partial charge on any atom is 0.472 e. The van der Waals surface area contributed by atoms with Crippen LogP contribution in [0, 0.1) is 11.8 Å². The molecule has 5 atom stereocenters. The first kappa shape index (κ1) is 92.1. The van der Waals surface area contributed by atoms with E-state index in [0.29, 0.717) is 25.7 Å². The third kappa shape index (κ3) is 68.6. The highest BCUT2D eigenvalue weighted by molar-refractivity contribution is 7.47. The number of ether oxygens (including phenoxy) is 4. The van der Waals surface area contributed by atoms with Gasteiger partial charge in [-0.2, -0.15) is 0 Å². The van der Waals surface area contributed by atoms with Crippen LogP contribution < -0.4 is 0 Å². The Hall–Kier alpha value is -1.94. The van der Waals surface area contributed by atoms with Crippen LogP contribution in [-0.4, -0.2) is 96.7 Å². The second-order valence-electron chi connectivity index (χ2n) is 28.0. The van der Waals surface area contributed by atoms with Gasteiger partial charge < -0.3 is 33.8 Å². The van der Waals surface area contributed by atoms with Gasteiger partial charge in [0.05, 0.1) is 26.4 Å². The summed E-state index contributed by atoms with van der Waals surface area (Å²) in [7, 11) is -9.90. The van der Waals surface area contributed by atoms with Crippen LogP contribution in [0.25, 0.3) is 0 Å². The van der Waals surface area contributed by atoms with E-state index in [4.69, 9.17) is 37.0 Å². The number of aliphatic hydroxyl groups excluding tert-OH is 1. The van der Waals surface area contributed by atoms with Gasteiger partial charge >= 0.3 is 39.5 Å². The van der Waals surface area contributed by atoms with Crippen molar-refractivity contribution in [2.75, 3.05) is 39.6 Å². The van der Waals surface area contributed by atoms with E-state index < -0.39 is 97.5 Å². The number of phosphoric acid groups is 2. The van der Waals surface area contributed by atoms with Crippen molar-refractivity contribution in [3.63, 3.8) is 0 Å². The second kappa shape index (κ2) is 66.9. The number of carbonyl (C=O) groups is 4. The largest absolute Gasteiger partial charge is 0.472 e. The van der Waals surface area contributed by atoms with Crippen LogP contribution in [0.3, 0.4) is 0 Å². The Bertz CT molecular complexity index is 1820. The van der Waals surface area contributed by atoms with Crippen molar-refractivity contribution >= 4 is 39.5 Å². The molecule has 0 aromatic carbocycles. The Labute approximate surface area is 575 Å². The Morgan fingerprint density at radius 3 is 0.723 bits per heavy atom.